The highest BCUT2D eigenvalue weighted by atomic mass is 79.9. The zero-order chi connectivity index (χ0) is 15.6. The number of carboxylic acid groups (broad SMARTS) is 1. The Morgan fingerprint density at radius 1 is 1.38 bits per heavy atom. The van der Waals surface area contributed by atoms with Gasteiger partial charge in [0.05, 0.1) is 16.7 Å². The predicted octanol–water partition coefficient (Wildman–Crippen LogP) is 2.27. The molecule has 2 aromatic rings. The van der Waals surface area contributed by atoms with E-state index in [0.29, 0.717) is 4.47 Å². The van der Waals surface area contributed by atoms with Crippen molar-refractivity contribution in [3.8, 4) is 0 Å². The van der Waals surface area contributed by atoms with Crippen LogP contribution in [-0.4, -0.2) is 20.6 Å². The first kappa shape index (κ1) is 14.9. The number of hydrogen-bond donors (Lipinski definition) is 1. The predicted molar refractivity (Wildman–Crippen MR) is 77.6 cm³/mol. The lowest BCUT2D eigenvalue weighted by Gasteiger charge is -2.08. The summed E-state index contributed by atoms with van der Waals surface area (Å²) in [7, 11) is 0. The van der Waals surface area contributed by atoms with Crippen LogP contribution in [0.15, 0.2) is 45.9 Å². The smallest absolute Gasteiger partial charge is 0.335 e. The molecule has 1 aromatic carbocycles. The van der Waals surface area contributed by atoms with Crippen molar-refractivity contribution in [2.45, 2.75) is 6.54 Å². The number of carboxylic acids is 1. The van der Waals surface area contributed by atoms with Crippen molar-refractivity contribution >= 4 is 27.6 Å². The highest BCUT2D eigenvalue weighted by Gasteiger charge is 2.12. The third-order valence-electron chi connectivity index (χ3n) is 2.81. The van der Waals surface area contributed by atoms with Gasteiger partial charge in [-0.3, -0.25) is 14.9 Å². The van der Waals surface area contributed by atoms with Gasteiger partial charge in [-0.25, -0.2) is 4.79 Å². The molecular weight excluding hydrogens is 344 g/mol. The second-order valence-electron chi connectivity index (χ2n) is 4.24. The number of aromatic nitrogens is 1. The monoisotopic (exact) mass is 352 g/mol. The van der Waals surface area contributed by atoms with E-state index in [1.54, 1.807) is 6.07 Å². The standard InChI is InChI=1S/C13H9BrN2O5/c14-10-5-8(13(18)19)1-2-9(10)6-15-4-3-12(17)11(7-15)16(20)21/h1-5,7H,6H2,(H,18,19). The summed E-state index contributed by atoms with van der Waals surface area (Å²) < 4.78 is 2.06. The molecule has 0 unspecified atom stereocenters. The Labute approximate surface area is 126 Å². The Hall–Kier alpha value is -2.48. The van der Waals surface area contributed by atoms with E-state index in [1.165, 1.54) is 22.9 Å². The second kappa shape index (κ2) is 5.88. The van der Waals surface area contributed by atoms with Crippen LogP contribution >= 0.6 is 15.9 Å². The highest BCUT2D eigenvalue weighted by Crippen LogP contribution is 2.20. The van der Waals surface area contributed by atoms with Gasteiger partial charge >= 0.3 is 11.7 Å². The normalized spacial score (nSPS) is 10.3. The number of rotatable bonds is 4. The number of aromatic carboxylic acids is 1. The molecule has 1 N–H and O–H groups in total. The zero-order valence-corrected chi connectivity index (χ0v) is 12.1. The molecule has 0 saturated carbocycles. The Balaban J connectivity index is 2.34. The lowest BCUT2D eigenvalue weighted by Crippen LogP contribution is -2.11. The molecule has 0 bridgehead atoms. The van der Waals surface area contributed by atoms with Gasteiger partial charge in [-0.2, -0.15) is 0 Å². The van der Waals surface area contributed by atoms with Crippen LogP contribution in [-0.2, 0) is 6.54 Å². The van der Waals surface area contributed by atoms with Crippen molar-refractivity contribution in [3.05, 3.63) is 72.6 Å². The second-order valence-corrected chi connectivity index (χ2v) is 5.09. The summed E-state index contributed by atoms with van der Waals surface area (Å²) in [5.74, 6) is -1.04. The maximum Gasteiger partial charge on any atom is 0.335 e. The summed E-state index contributed by atoms with van der Waals surface area (Å²) in [4.78, 5) is 32.2. The van der Waals surface area contributed by atoms with Crippen LogP contribution in [0.5, 0.6) is 0 Å². The molecule has 108 valence electrons. The molecular formula is C13H9BrN2O5. The average molecular weight is 353 g/mol. The van der Waals surface area contributed by atoms with E-state index < -0.39 is 22.0 Å². The molecule has 0 saturated heterocycles. The topological polar surface area (TPSA) is 102 Å². The van der Waals surface area contributed by atoms with Crippen LogP contribution in [0.1, 0.15) is 15.9 Å². The molecule has 0 spiro atoms. The van der Waals surface area contributed by atoms with Gasteiger partial charge < -0.3 is 9.67 Å². The van der Waals surface area contributed by atoms with Crippen LogP contribution < -0.4 is 5.43 Å². The van der Waals surface area contributed by atoms with Crippen LogP contribution in [0, 0.1) is 10.1 Å². The number of halogens is 1. The number of benzene rings is 1. The largest absolute Gasteiger partial charge is 0.478 e. The number of hydrogen-bond acceptors (Lipinski definition) is 4. The van der Waals surface area contributed by atoms with E-state index in [4.69, 9.17) is 5.11 Å². The first-order valence-corrected chi connectivity index (χ1v) is 6.54. The van der Waals surface area contributed by atoms with Crippen molar-refractivity contribution in [2.75, 3.05) is 0 Å². The molecule has 0 amide bonds. The van der Waals surface area contributed by atoms with Gasteiger partial charge in [0.25, 0.3) is 5.43 Å². The van der Waals surface area contributed by atoms with Crippen LogP contribution in [0.4, 0.5) is 5.69 Å². The van der Waals surface area contributed by atoms with Crippen LogP contribution in [0.3, 0.4) is 0 Å². The summed E-state index contributed by atoms with van der Waals surface area (Å²) in [6.07, 6.45) is 2.59. The Bertz CT molecular complexity index is 784. The lowest BCUT2D eigenvalue weighted by atomic mass is 10.1. The van der Waals surface area contributed by atoms with Crippen molar-refractivity contribution < 1.29 is 14.8 Å². The van der Waals surface area contributed by atoms with Gasteiger partial charge in [0.2, 0.25) is 0 Å². The van der Waals surface area contributed by atoms with Gasteiger partial charge in [0.1, 0.15) is 0 Å². The van der Waals surface area contributed by atoms with Crippen molar-refractivity contribution in [1.82, 2.24) is 4.57 Å². The van der Waals surface area contributed by atoms with Crippen LogP contribution in [0.25, 0.3) is 0 Å². The summed E-state index contributed by atoms with van der Waals surface area (Å²) >= 11 is 3.26. The average Bonchev–Trinajstić information content (AvgIpc) is 2.42. The molecule has 8 heteroatoms. The molecule has 0 aliphatic rings. The quantitative estimate of drug-likeness (QED) is 0.671. The highest BCUT2D eigenvalue weighted by molar-refractivity contribution is 9.10. The van der Waals surface area contributed by atoms with Gasteiger partial charge in [-0.05, 0) is 17.7 Å². The van der Waals surface area contributed by atoms with E-state index >= 15 is 0 Å². The van der Waals surface area contributed by atoms with Crippen LogP contribution in [0.2, 0.25) is 0 Å². The van der Waals surface area contributed by atoms with E-state index in [9.17, 15) is 19.7 Å². The molecule has 21 heavy (non-hydrogen) atoms. The van der Waals surface area contributed by atoms with Gasteiger partial charge in [-0.1, -0.05) is 22.0 Å². The number of nitro groups is 1. The van der Waals surface area contributed by atoms with Gasteiger partial charge in [0.15, 0.2) is 0 Å². The number of carbonyl (C=O) groups is 1. The molecule has 2 rings (SSSR count). The van der Waals surface area contributed by atoms with E-state index in [0.717, 1.165) is 17.8 Å². The van der Waals surface area contributed by atoms with Crippen molar-refractivity contribution in [3.63, 3.8) is 0 Å². The third-order valence-corrected chi connectivity index (χ3v) is 3.55. The fourth-order valence-electron chi connectivity index (χ4n) is 1.75. The van der Waals surface area contributed by atoms with E-state index in [2.05, 4.69) is 15.9 Å². The van der Waals surface area contributed by atoms with Crippen molar-refractivity contribution in [1.29, 1.82) is 0 Å². The molecule has 0 aliphatic heterocycles. The zero-order valence-electron chi connectivity index (χ0n) is 10.5. The summed E-state index contributed by atoms with van der Waals surface area (Å²) in [6, 6.07) is 5.63. The maximum atomic E-state index is 11.3. The SMILES string of the molecule is O=C(O)c1ccc(Cn2ccc(=O)c([N+](=O)[O-])c2)c(Br)c1. The Morgan fingerprint density at radius 3 is 2.67 bits per heavy atom. The molecule has 1 heterocycles. The molecule has 0 fully saturated rings. The molecule has 7 nitrogen and oxygen atoms in total. The first-order chi connectivity index (χ1) is 9.88. The minimum Gasteiger partial charge on any atom is -0.478 e. The third kappa shape index (κ3) is 3.34. The van der Waals surface area contributed by atoms with Crippen molar-refractivity contribution in [2.24, 2.45) is 0 Å². The van der Waals surface area contributed by atoms with E-state index in [1.807, 2.05) is 0 Å². The minimum absolute atomic E-state index is 0.136. The summed E-state index contributed by atoms with van der Waals surface area (Å²) in [5, 5.41) is 19.6. The molecule has 0 radical (unpaired) electrons. The summed E-state index contributed by atoms with van der Waals surface area (Å²) in [5.41, 5.74) is -0.290. The molecule has 0 aliphatic carbocycles. The van der Waals surface area contributed by atoms with Gasteiger partial charge in [0, 0.05) is 23.3 Å². The molecule has 0 atom stereocenters. The Morgan fingerprint density at radius 2 is 2.10 bits per heavy atom. The maximum absolute atomic E-state index is 11.3. The molecule has 1 aromatic heterocycles. The first-order valence-electron chi connectivity index (χ1n) is 5.74. The lowest BCUT2D eigenvalue weighted by molar-refractivity contribution is -0.386. The number of pyridine rings is 1. The van der Waals surface area contributed by atoms with Gasteiger partial charge in [-0.15, -0.1) is 0 Å². The minimum atomic E-state index is -1.04. The Kier molecular flexibility index (Phi) is 4.18. The number of nitrogens with zero attached hydrogens (tertiary/aromatic N) is 2. The fraction of sp³-hybridized carbons (Fsp3) is 0.0769. The fourth-order valence-corrected chi connectivity index (χ4v) is 2.26. The summed E-state index contributed by atoms with van der Waals surface area (Å²) in [6.45, 7) is 0.265. The van der Waals surface area contributed by atoms with E-state index in [-0.39, 0.29) is 12.1 Å².